The molecule has 0 spiro atoms. The largest absolute Gasteiger partial charge is 0.466 e. The van der Waals surface area contributed by atoms with Gasteiger partial charge in [-0.05, 0) is 51.4 Å². The highest BCUT2D eigenvalue weighted by Crippen LogP contribution is 2.18. The van der Waals surface area contributed by atoms with Gasteiger partial charge in [-0.2, -0.15) is 0 Å². The molecule has 6 heteroatoms. The molecule has 2 unspecified atom stereocenters. The Morgan fingerprint density at radius 2 is 0.681 bits per heavy atom. The Labute approximate surface area is 431 Å². The Kier molecular flexibility index (Phi) is 58.0. The van der Waals surface area contributed by atoms with Gasteiger partial charge in [0, 0.05) is 12.8 Å². The molecule has 3 N–H and O–H groups in total. The Morgan fingerprint density at radius 1 is 0.391 bits per heavy atom. The fourth-order valence-corrected chi connectivity index (χ4v) is 9.99. The van der Waals surface area contributed by atoms with Gasteiger partial charge in [0.2, 0.25) is 5.91 Å². The van der Waals surface area contributed by atoms with Gasteiger partial charge in [-0.3, -0.25) is 9.59 Å². The number of hydrogen-bond donors (Lipinski definition) is 3. The van der Waals surface area contributed by atoms with Crippen LogP contribution < -0.4 is 5.32 Å². The summed E-state index contributed by atoms with van der Waals surface area (Å²) in [6, 6.07) is -0.544. The molecule has 0 radical (unpaired) electrons. The van der Waals surface area contributed by atoms with E-state index in [1.165, 1.54) is 283 Å². The lowest BCUT2D eigenvalue weighted by Crippen LogP contribution is -2.45. The SMILES string of the molecule is CCCCCCCCCCCCCCCCCCCC(=O)OCCCCCCCCCCCCCC/C=C\CCCCCCCCCC(=O)NC(CO)C(O)CCCCCCCCCCCCCC. The summed E-state index contributed by atoms with van der Waals surface area (Å²) in [5.41, 5.74) is 0. The van der Waals surface area contributed by atoms with Crippen LogP contribution >= 0.6 is 0 Å². The van der Waals surface area contributed by atoms with Gasteiger partial charge in [0.1, 0.15) is 0 Å². The molecule has 410 valence electrons. The number of rotatable bonds is 59. The normalized spacial score (nSPS) is 12.6. The first-order valence-electron chi connectivity index (χ1n) is 31.4. The number of allylic oxidation sites excluding steroid dienone is 2. The zero-order valence-electron chi connectivity index (χ0n) is 46.8. The number of carbonyl (C=O) groups is 2. The highest BCUT2D eigenvalue weighted by molar-refractivity contribution is 5.76. The van der Waals surface area contributed by atoms with E-state index in [0.717, 1.165) is 38.5 Å². The van der Waals surface area contributed by atoms with Crippen molar-refractivity contribution < 1.29 is 24.5 Å². The molecule has 0 saturated carbocycles. The van der Waals surface area contributed by atoms with Crippen LogP contribution in [0.15, 0.2) is 12.2 Å². The van der Waals surface area contributed by atoms with E-state index in [1.807, 2.05) is 0 Å². The maximum atomic E-state index is 12.5. The Hall–Kier alpha value is -1.40. The third kappa shape index (κ3) is 55.8. The molecular weight excluding hydrogens is 851 g/mol. The first-order valence-corrected chi connectivity index (χ1v) is 31.4. The third-order valence-corrected chi connectivity index (χ3v) is 14.8. The fourth-order valence-electron chi connectivity index (χ4n) is 9.99. The lowest BCUT2D eigenvalue weighted by atomic mass is 10.0. The van der Waals surface area contributed by atoms with Gasteiger partial charge in [-0.1, -0.05) is 302 Å². The maximum Gasteiger partial charge on any atom is 0.305 e. The van der Waals surface area contributed by atoms with Crippen molar-refractivity contribution >= 4 is 11.9 Å². The predicted molar refractivity (Wildman–Crippen MR) is 301 cm³/mol. The zero-order valence-corrected chi connectivity index (χ0v) is 46.8. The average Bonchev–Trinajstić information content (AvgIpc) is 3.35. The summed E-state index contributed by atoms with van der Waals surface area (Å²) < 4.78 is 5.50. The van der Waals surface area contributed by atoms with E-state index >= 15 is 0 Å². The minimum absolute atomic E-state index is 0.0161. The number of esters is 1. The number of nitrogens with one attached hydrogen (secondary N) is 1. The Balaban J connectivity index is 3.37. The minimum atomic E-state index is -0.666. The second-order valence-electron chi connectivity index (χ2n) is 21.7. The van der Waals surface area contributed by atoms with Crippen molar-refractivity contribution in [2.75, 3.05) is 13.2 Å². The van der Waals surface area contributed by atoms with Crippen LogP contribution in [0.4, 0.5) is 0 Å². The van der Waals surface area contributed by atoms with E-state index in [-0.39, 0.29) is 18.5 Å². The van der Waals surface area contributed by atoms with Crippen molar-refractivity contribution in [3.63, 3.8) is 0 Å². The molecular formula is C63H123NO5. The molecule has 0 bridgehead atoms. The molecule has 0 aromatic rings. The van der Waals surface area contributed by atoms with E-state index in [2.05, 4.69) is 31.3 Å². The molecule has 1 amide bonds. The summed E-state index contributed by atoms with van der Waals surface area (Å²) in [5.74, 6) is -0.0241. The molecule has 0 heterocycles. The second-order valence-corrected chi connectivity index (χ2v) is 21.7. The average molecular weight is 975 g/mol. The van der Waals surface area contributed by atoms with Gasteiger partial charge in [0.15, 0.2) is 0 Å². The standard InChI is InChI=1S/C63H123NO5/c1-3-5-7-9-11-13-15-17-18-26-30-33-37-41-45-49-53-57-63(68)69-58-54-50-46-42-38-34-31-28-25-23-21-19-20-22-24-27-29-32-36-40-44-48-52-56-62(67)64-60(59-65)61(66)55-51-47-43-39-35-16-14-12-10-8-6-4-2/h22,24,60-61,65-66H,3-21,23,25-59H2,1-2H3,(H,64,67)/b24-22-. The summed E-state index contributed by atoms with van der Waals surface area (Å²) in [6.45, 7) is 4.97. The fraction of sp³-hybridized carbons (Fsp3) is 0.937. The highest BCUT2D eigenvalue weighted by Gasteiger charge is 2.20. The molecule has 0 fully saturated rings. The van der Waals surface area contributed by atoms with Crippen LogP contribution in [0.25, 0.3) is 0 Å². The molecule has 0 aromatic carbocycles. The zero-order chi connectivity index (χ0) is 50.0. The lowest BCUT2D eigenvalue weighted by molar-refractivity contribution is -0.143. The molecule has 2 atom stereocenters. The topological polar surface area (TPSA) is 95.9 Å². The summed E-state index contributed by atoms with van der Waals surface area (Å²) in [6.07, 6.45) is 70.8. The summed E-state index contributed by atoms with van der Waals surface area (Å²) in [7, 11) is 0. The summed E-state index contributed by atoms with van der Waals surface area (Å²) >= 11 is 0. The Morgan fingerprint density at radius 3 is 1.03 bits per heavy atom. The molecule has 0 rings (SSSR count). The number of amides is 1. The highest BCUT2D eigenvalue weighted by atomic mass is 16.5. The minimum Gasteiger partial charge on any atom is -0.466 e. The second kappa shape index (κ2) is 59.2. The van der Waals surface area contributed by atoms with E-state index in [4.69, 9.17) is 4.74 Å². The van der Waals surface area contributed by atoms with Gasteiger partial charge in [0.25, 0.3) is 0 Å². The molecule has 0 aliphatic heterocycles. The molecule has 0 aliphatic rings. The molecule has 0 saturated heterocycles. The van der Waals surface area contributed by atoms with Gasteiger partial charge < -0.3 is 20.3 Å². The quantitative estimate of drug-likeness (QED) is 0.0321. The molecule has 6 nitrogen and oxygen atoms in total. The number of ether oxygens (including phenoxy) is 1. The van der Waals surface area contributed by atoms with Gasteiger partial charge in [-0.25, -0.2) is 0 Å². The van der Waals surface area contributed by atoms with Crippen LogP contribution in [0, 0.1) is 0 Å². The van der Waals surface area contributed by atoms with Crippen LogP contribution in [-0.4, -0.2) is 47.4 Å². The van der Waals surface area contributed by atoms with Crippen LogP contribution in [0.3, 0.4) is 0 Å². The first-order chi connectivity index (χ1) is 34.0. The summed E-state index contributed by atoms with van der Waals surface area (Å²) in [4.78, 5) is 24.5. The predicted octanol–water partition coefficient (Wildman–Crippen LogP) is 19.6. The first kappa shape index (κ1) is 67.6. The summed E-state index contributed by atoms with van der Waals surface area (Å²) in [5, 5.41) is 23.2. The van der Waals surface area contributed by atoms with E-state index in [1.54, 1.807) is 0 Å². The lowest BCUT2D eigenvalue weighted by Gasteiger charge is -2.22. The van der Waals surface area contributed by atoms with Gasteiger partial charge >= 0.3 is 5.97 Å². The van der Waals surface area contributed by atoms with Crippen LogP contribution in [-0.2, 0) is 14.3 Å². The van der Waals surface area contributed by atoms with E-state index < -0.39 is 12.1 Å². The Bertz CT molecular complexity index is 1030. The van der Waals surface area contributed by atoms with E-state index in [9.17, 15) is 19.8 Å². The van der Waals surface area contributed by atoms with Crippen molar-refractivity contribution in [2.24, 2.45) is 0 Å². The number of aliphatic hydroxyl groups excluding tert-OH is 2. The van der Waals surface area contributed by atoms with E-state index in [0.29, 0.717) is 25.9 Å². The van der Waals surface area contributed by atoms with Crippen molar-refractivity contribution in [3.8, 4) is 0 Å². The molecule has 69 heavy (non-hydrogen) atoms. The number of hydrogen-bond acceptors (Lipinski definition) is 5. The number of aliphatic hydroxyl groups is 2. The number of unbranched alkanes of at least 4 members (excludes halogenated alkanes) is 46. The van der Waals surface area contributed by atoms with Crippen LogP contribution in [0.5, 0.6) is 0 Å². The molecule has 0 aromatic heterocycles. The monoisotopic (exact) mass is 974 g/mol. The third-order valence-electron chi connectivity index (χ3n) is 14.8. The van der Waals surface area contributed by atoms with Crippen molar-refractivity contribution in [2.45, 2.75) is 366 Å². The van der Waals surface area contributed by atoms with Crippen molar-refractivity contribution in [1.82, 2.24) is 5.32 Å². The molecule has 0 aliphatic carbocycles. The van der Waals surface area contributed by atoms with Crippen LogP contribution in [0.1, 0.15) is 354 Å². The van der Waals surface area contributed by atoms with Crippen LogP contribution in [0.2, 0.25) is 0 Å². The maximum absolute atomic E-state index is 12.5. The number of carbonyl (C=O) groups excluding carboxylic acids is 2. The van der Waals surface area contributed by atoms with Gasteiger partial charge in [-0.15, -0.1) is 0 Å². The van der Waals surface area contributed by atoms with Crippen molar-refractivity contribution in [1.29, 1.82) is 0 Å². The van der Waals surface area contributed by atoms with Crippen molar-refractivity contribution in [3.05, 3.63) is 12.2 Å². The van der Waals surface area contributed by atoms with Gasteiger partial charge in [0.05, 0.1) is 25.4 Å². The smallest absolute Gasteiger partial charge is 0.305 e.